The van der Waals surface area contributed by atoms with E-state index in [9.17, 15) is 4.79 Å². The fraction of sp³-hybridized carbons (Fsp3) is 0.353. The fourth-order valence-electron chi connectivity index (χ4n) is 2.06. The van der Waals surface area contributed by atoms with E-state index < -0.39 is 5.97 Å². The monoisotopic (exact) mass is 304 g/mol. The molecule has 0 amide bonds. The summed E-state index contributed by atoms with van der Waals surface area (Å²) in [5.74, 6) is 0.480. The van der Waals surface area contributed by atoms with Crippen LogP contribution in [0.2, 0.25) is 0 Å². The summed E-state index contributed by atoms with van der Waals surface area (Å²) in [7, 11) is 0. The fourth-order valence-corrected chi connectivity index (χ4v) is 2.93. The molecule has 0 saturated heterocycles. The van der Waals surface area contributed by atoms with Crippen LogP contribution in [0.4, 0.5) is 0 Å². The van der Waals surface area contributed by atoms with Gasteiger partial charge in [0.2, 0.25) is 0 Å². The quantitative estimate of drug-likeness (QED) is 0.830. The summed E-state index contributed by atoms with van der Waals surface area (Å²) in [4.78, 5) is 12.3. The van der Waals surface area contributed by atoms with Gasteiger partial charge in [0.15, 0.2) is 0 Å². The number of thiophene rings is 1. The van der Waals surface area contributed by atoms with Gasteiger partial charge >= 0.3 is 5.97 Å². The van der Waals surface area contributed by atoms with Crippen molar-refractivity contribution in [3.05, 3.63) is 51.2 Å². The van der Waals surface area contributed by atoms with E-state index in [1.54, 1.807) is 6.07 Å². The normalized spacial score (nSPS) is 12.1. The molecule has 0 spiro atoms. The average Bonchev–Trinajstić information content (AvgIpc) is 2.86. The van der Waals surface area contributed by atoms with Crippen LogP contribution in [0.1, 0.15) is 51.9 Å². The van der Waals surface area contributed by atoms with Crippen LogP contribution in [0.5, 0.6) is 5.75 Å². The SMILES string of the molecule is CCC(C)c1ccc(OCc2cc(C(=O)O)sc2C)cc1. The van der Waals surface area contributed by atoms with Gasteiger partial charge in [0.1, 0.15) is 17.2 Å². The summed E-state index contributed by atoms with van der Waals surface area (Å²) in [6.07, 6.45) is 1.12. The molecule has 21 heavy (non-hydrogen) atoms. The largest absolute Gasteiger partial charge is 0.489 e. The van der Waals surface area contributed by atoms with Crippen LogP contribution in [0, 0.1) is 6.92 Å². The lowest BCUT2D eigenvalue weighted by Crippen LogP contribution is -1.97. The molecule has 0 fully saturated rings. The zero-order valence-corrected chi connectivity index (χ0v) is 13.4. The maximum absolute atomic E-state index is 10.9. The van der Waals surface area contributed by atoms with E-state index in [1.807, 2.05) is 19.1 Å². The second-order valence-corrected chi connectivity index (χ2v) is 6.42. The van der Waals surface area contributed by atoms with E-state index in [2.05, 4.69) is 26.0 Å². The van der Waals surface area contributed by atoms with Crippen molar-refractivity contribution < 1.29 is 14.6 Å². The van der Waals surface area contributed by atoms with E-state index in [1.165, 1.54) is 16.9 Å². The Morgan fingerprint density at radius 2 is 2.00 bits per heavy atom. The zero-order chi connectivity index (χ0) is 15.4. The van der Waals surface area contributed by atoms with Gasteiger partial charge in [-0.3, -0.25) is 0 Å². The smallest absolute Gasteiger partial charge is 0.345 e. The van der Waals surface area contributed by atoms with Crippen LogP contribution in [0.3, 0.4) is 0 Å². The lowest BCUT2D eigenvalue weighted by Gasteiger charge is -2.10. The molecule has 2 rings (SSSR count). The molecule has 1 aromatic heterocycles. The molecule has 0 aliphatic rings. The first-order valence-electron chi connectivity index (χ1n) is 7.06. The Morgan fingerprint density at radius 1 is 1.33 bits per heavy atom. The number of aryl methyl sites for hydroxylation is 1. The topological polar surface area (TPSA) is 46.5 Å². The third kappa shape index (κ3) is 3.85. The van der Waals surface area contributed by atoms with Crippen molar-refractivity contribution in [1.29, 1.82) is 0 Å². The zero-order valence-electron chi connectivity index (χ0n) is 12.6. The van der Waals surface area contributed by atoms with E-state index in [4.69, 9.17) is 9.84 Å². The minimum absolute atomic E-state index is 0.359. The second-order valence-electron chi connectivity index (χ2n) is 5.16. The summed E-state index contributed by atoms with van der Waals surface area (Å²) in [6.45, 7) is 6.70. The summed E-state index contributed by atoms with van der Waals surface area (Å²) in [6, 6.07) is 9.82. The maximum Gasteiger partial charge on any atom is 0.345 e. The van der Waals surface area contributed by atoms with E-state index in [-0.39, 0.29) is 0 Å². The van der Waals surface area contributed by atoms with Crippen molar-refractivity contribution in [2.24, 2.45) is 0 Å². The summed E-state index contributed by atoms with van der Waals surface area (Å²) < 4.78 is 5.75. The molecule has 1 unspecified atom stereocenters. The van der Waals surface area contributed by atoms with Gasteiger partial charge in [-0.05, 0) is 43.0 Å². The van der Waals surface area contributed by atoms with E-state index in [0.29, 0.717) is 17.4 Å². The van der Waals surface area contributed by atoms with Crippen LogP contribution in [0.25, 0.3) is 0 Å². The molecule has 1 N–H and O–H groups in total. The molecule has 1 heterocycles. The van der Waals surface area contributed by atoms with Crippen molar-refractivity contribution in [3.63, 3.8) is 0 Å². The van der Waals surface area contributed by atoms with Crippen LogP contribution < -0.4 is 4.74 Å². The Hall–Kier alpha value is -1.81. The highest BCUT2D eigenvalue weighted by atomic mass is 32.1. The third-order valence-corrected chi connectivity index (χ3v) is 4.77. The van der Waals surface area contributed by atoms with Gasteiger partial charge in [-0.15, -0.1) is 11.3 Å². The predicted molar refractivity (Wildman–Crippen MR) is 85.5 cm³/mol. The Balaban J connectivity index is 2.01. The van der Waals surface area contributed by atoms with Crippen LogP contribution >= 0.6 is 11.3 Å². The van der Waals surface area contributed by atoms with Gasteiger partial charge in [0.05, 0.1) is 0 Å². The van der Waals surface area contributed by atoms with Gasteiger partial charge in [0.25, 0.3) is 0 Å². The molecule has 0 bridgehead atoms. The molecule has 0 aliphatic heterocycles. The highest BCUT2D eigenvalue weighted by Crippen LogP contribution is 2.25. The van der Waals surface area contributed by atoms with Crippen LogP contribution in [-0.4, -0.2) is 11.1 Å². The Morgan fingerprint density at radius 3 is 2.52 bits per heavy atom. The summed E-state index contributed by atoms with van der Waals surface area (Å²) in [5, 5.41) is 8.98. The predicted octanol–water partition coefficient (Wildman–Crippen LogP) is 4.85. The molecular formula is C17H20O3S. The molecule has 3 nitrogen and oxygen atoms in total. The minimum Gasteiger partial charge on any atom is -0.489 e. The molecule has 2 aromatic rings. The van der Waals surface area contributed by atoms with Gasteiger partial charge in [-0.2, -0.15) is 0 Å². The van der Waals surface area contributed by atoms with Crippen LogP contribution in [0.15, 0.2) is 30.3 Å². The number of aromatic carboxylic acids is 1. The molecule has 1 atom stereocenters. The van der Waals surface area contributed by atoms with Crippen molar-refractivity contribution in [1.82, 2.24) is 0 Å². The number of carboxylic acid groups (broad SMARTS) is 1. The standard InChI is InChI=1S/C17H20O3S/c1-4-11(2)13-5-7-15(8-6-13)20-10-14-9-16(17(18)19)21-12(14)3/h5-9,11H,4,10H2,1-3H3,(H,18,19). The molecular weight excluding hydrogens is 284 g/mol. The molecule has 0 radical (unpaired) electrons. The average molecular weight is 304 g/mol. The number of carboxylic acids is 1. The Bertz CT molecular complexity index is 613. The van der Waals surface area contributed by atoms with Crippen molar-refractivity contribution >= 4 is 17.3 Å². The first-order chi connectivity index (χ1) is 10.0. The summed E-state index contributed by atoms with van der Waals surface area (Å²) >= 11 is 1.29. The van der Waals surface area contributed by atoms with Crippen molar-refractivity contribution in [2.75, 3.05) is 0 Å². The van der Waals surface area contributed by atoms with E-state index >= 15 is 0 Å². The lowest BCUT2D eigenvalue weighted by molar-refractivity contribution is 0.0702. The van der Waals surface area contributed by atoms with Crippen molar-refractivity contribution in [3.8, 4) is 5.75 Å². The molecule has 0 saturated carbocycles. The number of benzene rings is 1. The van der Waals surface area contributed by atoms with Gasteiger partial charge in [0, 0.05) is 10.4 Å². The number of rotatable bonds is 6. The first-order valence-corrected chi connectivity index (χ1v) is 7.88. The number of ether oxygens (including phenoxy) is 1. The molecule has 4 heteroatoms. The third-order valence-electron chi connectivity index (χ3n) is 3.69. The minimum atomic E-state index is -0.882. The first kappa shape index (κ1) is 15.6. The highest BCUT2D eigenvalue weighted by Gasteiger charge is 2.11. The molecule has 112 valence electrons. The molecule has 0 aliphatic carbocycles. The molecule has 1 aromatic carbocycles. The number of hydrogen-bond acceptors (Lipinski definition) is 3. The van der Waals surface area contributed by atoms with Crippen LogP contribution in [-0.2, 0) is 6.61 Å². The maximum atomic E-state index is 10.9. The Labute approximate surface area is 129 Å². The number of carbonyl (C=O) groups is 1. The van der Waals surface area contributed by atoms with Gasteiger partial charge in [-0.1, -0.05) is 26.0 Å². The van der Waals surface area contributed by atoms with Gasteiger partial charge in [-0.25, -0.2) is 4.79 Å². The lowest BCUT2D eigenvalue weighted by atomic mass is 9.99. The Kier molecular flexibility index (Phi) is 5.02. The second kappa shape index (κ2) is 6.76. The van der Waals surface area contributed by atoms with E-state index in [0.717, 1.165) is 22.6 Å². The highest BCUT2D eigenvalue weighted by molar-refractivity contribution is 7.14. The van der Waals surface area contributed by atoms with Crippen molar-refractivity contribution in [2.45, 2.75) is 39.7 Å². The summed E-state index contributed by atoms with van der Waals surface area (Å²) in [5.41, 5.74) is 2.24. The van der Waals surface area contributed by atoms with Gasteiger partial charge < -0.3 is 9.84 Å². The number of hydrogen-bond donors (Lipinski definition) is 1.